The van der Waals surface area contributed by atoms with Gasteiger partial charge in [0.1, 0.15) is 4.90 Å². The summed E-state index contributed by atoms with van der Waals surface area (Å²) in [6, 6.07) is 0. The standard InChI is InChI=1S/C13H21NO4S2/c1-10-9-19-12(7-15)13(10)20(16,17)14(2)6-11-4-3-5-18-8-11/h9,11,15H,3-8H2,1-2H3. The van der Waals surface area contributed by atoms with E-state index < -0.39 is 10.0 Å². The first-order chi connectivity index (χ1) is 9.46. The van der Waals surface area contributed by atoms with Crippen molar-refractivity contribution in [1.82, 2.24) is 4.31 Å². The minimum Gasteiger partial charge on any atom is -0.391 e. The number of hydrogen-bond donors (Lipinski definition) is 1. The molecule has 0 radical (unpaired) electrons. The molecule has 1 saturated heterocycles. The molecular weight excluding hydrogens is 298 g/mol. The number of sulfonamides is 1. The maximum atomic E-state index is 12.6. The fourth-order valence-electron chi connectivity index (χ4n) is 2.51. The Balaban J connectivity index is 2.18. The van der Waals surface area contributed by atoms with Crippen LogP contribution in [0.15, 0.2) is 10.3 Å². The van der Waals surface area contributed by atoms with Crippen LogP contribution in [0.25, 0.3) is 0 Å². The van der Waals surface area contributed by atoms with Crippen LogP contribution < -0.4 is 0 Å². The number of hydrogen-bond acceptors (Lipinski definition) is 5. The summed E-state index contributed by atoms with van der Waals surface area (Å²) in [5, 5.41) is 11.1. The van der Waals surface area contributed by atoms with E-state index in [1.807, 2.05) is 0 Å². The van der Waals surface area contributed by atoms with E-state index in [9.17, 15) is 13.5 Å². The largest absolute Gasteiger partial charge is 0.391 e. The van der Waals surface area contributed by atoms with Gasteiger partial charge < -0.3 is 9.84 Å². The van der Waals surface area contributed by atoms with E-state index >= 15 is 0 Å². The van der Waals surface area contributed by atoms with Gasteiger partial charge in [0.25, 0.3) is 0 Å². The zero-order valence-corrected chi connectivity index (χ0v) is 13.5. The molecule has 2 heterocycles. The molecule has 20 heavy (non-hydrogen) atoms. The first kappa shape index (κ1) is 15.9. The lowest BCUT2D eigenvalue weighted by Gasteiger charge is -2.27. The summed E-state index contributed by atoms with van der Waals surface area (Å²) in [7, 11) is -1.94. The van der Waals surface area contributed by atoms with Gasteiger partial charge in [0.05, 0.1) is 18.1 Å². The SMILES string of the molecule is Cc1csc(CO)c1S(=O)(=O)N(C)CC1CCCOC1. The molecule has 1 fully saturated rings. The molecule has 0 saturated carbocycles. The van der Waals surface area contributed by atoms with Crippen LogP contribution in [0.2, 0.25) is 0 Å². The van der Waals surface area contributed by atoms with Gasteiger partial charge in [0, 0.05) is 20.2 Å². The molecule has 1 aromatic rings. The molecule has 7 heteroatoms. The smallest absolute Gasteiger partial charge is 0.244 e. The van der Waals surface area contributed by atoms with Gasteiger partial charge in [0.15, 0.2) is 0 Å². The molecule has 1 unspecified atom stereocenters. The molecule has 0 aromatic carbocycles. The third-order valence-corrected chi connectivity index (χ3v) is 6.84. The average Bonchev–Trinajstić information content (AvgIpc) is 2.81. The van der Waals surface area contributed by atoms with Gasteiger partial charge in [-0.15, -0.1) is 11.3 Å². The Kier molecular flexibility index (Phi) is 5.19. The Morgan fingerprint density at radius 1 is 1.55 bits per heavy atom. The van der Waals surface area contributed by atoms with Crippen LogP contribution in [0.4, 0.5) is 0 Å². The summed E-state index contributed by atoms with van der Waals surface area (Å²) in [5.41, 5.74) is 0.700. The van der Waals surface area contributed by atoms with Gasteiger partial charge in [-0.05, 0) is 36.6 Å². The number of aryl methyl sites for hydroxylation is 1. The van der Waals surface area contributed by atoms with Crippen molar-refractivity contribution in [2.75, 3.05) is 26.8 Å². The van der Waals surface area contributed by atoms with Crippen LogP contribution >= 0.6 is 11.3 Å². The Morgan fingerprint density at radius 3 is 2.90 bits per heavy atom. The topological polar surface area (TPSA) is 66.8 Å². The third kappa shape index (κ3) is 3.23. The molecule has 114 valence electrons. The minimum absolute atomic E-state index is 0.243. The summed E-state index contributed by atoms with van der Waals surface area (Å²) < 4.78 is 32.1. The van der Waals surface area contributed by atoms with Gasteiger partial charge in [-0.1, -0.05) is 0 Å². The van der Waals surface area contributed by atoms with Crippen LogP contribution in [0, 0.1) is 12.8 Å². The number of aliphatic hydroxyl groups excluding tert-OH is 1. The molecule has 1 aliphatic heterocycles. The van der Waals surface area contributed by atoms with E-state index in [1.54, 1.807) is 19.4 Å². The van der Waals surface area contributed by atoms with Crippen molar-refractivity contribution in [2.24, 2.45) is 5.92 Å². The van der Waals surface area contributed by atoms with Crippen molar-refractivity contribution in [1.29, 1.82) is 0 Å². The number of nitrogens with zero attached hydrogens (tertiary/aromatic N) is 1. The second kappa shape index (κ2) is 6.53. The Bertz CT molecular complexity index is 547. The van der Waals surface area contributed by atoms with Crippen molar-refractivity contribution in [2.45, 2.75) is 31.3 Å². The Labute approximate surface area is 124 Å². The predicted octanol–water partition coefficient (Wildman–Crippen LogP) is 1.60. The van der Waals surface area contributed by atoms with Gasteiger partial charge >= 0.3 is 0 Å². The van der Waals surface area contributed by atoms with Gasteiger partial charge in [-0.25, -0.2) is 12.7 Å². The number of rotatable bonds is 5. The van der Waals surface area contributed by atoms with Crippen molar-refractivity contribution in [3.05, 3.63) is 15.8 Å². The Hall–Kier alpha value is -0.470. The molecule has 2 rings (SSSR count). The second-order valence-corrected chi connectivity index (χ2v) is 8.14. The molecule has 0 aliphatic carbocycles. The number of thiophene rings is 1. The summed E-state index contributed by atoms with van der Waals surface area (Å²) >= 11 is 1.29. The first-order valence-corrected chi connectivity index (χ1v) is 9.00. The molecule has 1 aromatic heterocycles. The average molecular weight is 319 g/mol. The predicted molar refractivity (Wildman–Crippen MR) is 78.3 cm³/mol. The van der Waals surface area contributed by atoms with E-state index in [-0.39, 0.29) is 17.4 Å². The van der Waals surface area contributed by atoms with E-state index in [0.29, 0.717) is 23.6 Å². The lowest BCUT2D eigenvalue weighted by atomic mass is 10.0. The van der Waals surface area contributed by atoms with E-state index in [2.05, 4.69) is 0 Å². The highest BCUT2D eigenvalue weighted by atomic mass is 32.2. The first-order valence-electron chi connectivity index (χ1n) is 6.68. The van der Waals surface area contributed by atoms with Gasteiger partial charge in [-0.2, -0.15) is 0 Å². The maximum Gasteiger partial charge on any atom is 0.244 e. The molecule has 0 amide bonds. The summed E-state index contributed by atoms with van der Waals surface area (Å²) in [5.74, 6) is 0.250. The molecule has 5 nitrogen and oxygen atoms in total. The highest BCUT2D eigenvalue weighted by Crippen LogP contribution is 2.29. The third-order valence-electron chi connectivity index (χ3n) is 3.57. The molecule has 1 N–H and O–H groups in total. The number of ether oxygens (including phenoxy) is 1. The lowest BCUT2D eigenvalue weighted by molar-refractivity contribution is 0.0495. The summed E-state index contributed by atoms with van der Waals surface area (Å²) in [6.07, 6.45) is 1.98. The highest BCUT2D eigenvalue weighted by Gasteiger charge is 2.29. The quantitative estimate of drug-likeness (QED) is 0.895. The molecule has 0 bridgehead atoms. The van der Waals surface area contributed by atoms with Gasteiger partial charge in [0.2, 0.25) is 10.0 Å². The van der Waals surface area contributed by atoms with Crippen LogP contribution in [-0.2, 0) is 21.4 Å². The summed E-state index contributed by atoms with van der Waals surface area (Å²) in [4.78, 5) is 0.776. The van der Waals surface area contributed by atoms with Crippen molar-refractivity contribution >= 4 is 21.4 Å². The molecule has 1 aliphatic rings. The minimum atomic E-state index is -3.54. The van der Waals surface area contributed by atoms with E-state index in [4.69, 9.17) is 4.74 Å². The van der Waals surface area contributed by atoms with Gasteiger partial charge in [-0.3, -0.25) is 0 Å². The molecule has 0 spiro atoms. The number of aliphatic hydroxyl groups is 1. The summed E-state index contributed by atoms with van der Waals surface area (Å²) in [6.45, 7) is 3.37. The normalized spacial score (nSPS) is 20.5. The Morgan fingerprint density at radius 2 is 2.30 bits per heavy atom. The van der Waals surface area contributed by atoms with Crippen molar-refractivity contribution in [3.8, 4) is 0 Å². The zero-order chi connectivity index (χ0) is 14.8. The highest BCUT2D eigenvalue weighted by molar-refractivity contribution is 7.89. The van der Waals surface area contributed by atoms with E-state index in [0.717, 1.165) is 19.4 Å². The van der Waals surface area contributed by atoms with Crippen molar-refractivity contribution in [3.63, 3.8) is 0 Å². The monoisotopic (exact) mass is 319 g/mol. The van der Waals surface area contributed by atoms with E-state index in [1.165, 1.54) is 15.6 Å². The fraction of sp³-hybridized carbons (Fsp3) is 0.692. The van der Waals surface area contributed by atoms with Crippen LogP contribution in [0.5, 0.6) is 0 Å². The van der Waals surface area contributed by atoms with Crippen molar-refractivity contribution < 1.29 is 18.3 Å². The fourth-order valence-corrected chi connectivity index (χ4v) is 5.36. The van der Waals surface area contributed by atoms with Crippen LogP contribution in [0.1, 0.15) is 23.3 Å². The lowest BCUT2D eigenvalue weighted by Crippen LogP contribution is -2.35. The molecule has 1 atom stereocenters. The zero-order valence-electron chi connectivity index (χ0n) is 11.8. The maximum absolute atomic E-state index is 12.6. The second-order valence-electron chi connectivity index (χ2n) is 5.20. The van der Waals surface area contributed by atoms with Crippen LogP contribution in [-0.4, -0.2) is 44.6 Å². The molecular formula is C13H21NO4S2. The van der Waals surface area contributed by atoms with Crippen LogP contribution in [0.3, 0.4) is 0 Å².